The highest BCUT2D eigenvalue weighted by Gasteiger charge is 2.46. The first-order valence-electron chi connectivity index (χ1n) is 12.2. The van der Waals surface area contributed by atoms with E-state index in [0.717, 1.165) is 22.5 Å². The number of Topliss-reactive ketones (excluding diaryl/α,β-unsaturated/α-hetero) is 2. The van der Waals surface area contributed by atoms with Gasteiger partial charge in [0.1, 0.15) is 5.75 Å². The van der Waals surface area contributed by atoms with Gasteiger partial charge in [0, 0.05) is 45.3 Å². The number of benzene rings is 3. The highest BCUT2D eigenvalue weighted by molar-refractivity contribution is 6.30. The number of nitrogens with one attached hydrogen (secondary N) is 1. The van der Waals surface area contributed by atoms with Crippen molar-refractivity contribution in [3.8, 4) is 5.75 Å². The number of ether oxygens (including phenoxy) is 1. The fourth-order valence-corrected chi connectivity index (χ4v) is 5.76. The minimum Gasteiger partial charge on any atom is -0.423 e. The lowest BCUT2D eigenvalue weighted by Crippen LogP contribution is -2.37. The minimum atomic E-state index is -0.552. The van der Waals surface area contributed by atoms with Crippen molar-refractivity contribution in [2.24, 2.45) is 5.41 Å². The Morgan fingerprint density at radius 1 is 0.919 bits per heavy atom. The Balaban J connectivity index is 1.44. The summed E-state index contributed by atoms with van der Waals surface area (Å²) in [7, 11) is 0. The third kappa shape index (κ3) is 4.00. The fourth-order valence-electron chi connectivity index (χ4n) is 5.63. The smallest absolute Gasteiger partial charge is 0.343 e. The van der Waals surface area contributed by atoms with E-state index in [-0.39, 0.29) is 17.0 Å². The van der Waals surface area contributed by atoms with Gasteiger partial charge < -0.3 is 10.1 Å². The summed E-state index contributed by atoms with van der Waals surface area (Å²) in [6.07, 6.45) is 1.10. The molecule has 0 amide bonds. The van der Waals surface area contributed by atoms with Crippen molar-refractivity contribution in [1.29, 1.82) is 0 Å². The summed E-state index contributed by atoms with van der Waals surface area (Å²) in [5.41, 5.74) is 5.20. The third-order valence-corrected chi connectivity index (χ3v) is 7.46. The van der Waals surface area contributed by atoms with Crippen molar-refractivity contribution in [1.82, 2.24) is 5.32 Å². The molecule has 6 heteroatoms. The maximum absolute atomic E-state index is 13.7. The predicted molar refractivity (Wildman–Crippen MR) is 141 cm³/mol. The Bertz CT molecular complexity index is 1560. The van der Waals surface area contributed by atoms with E-state index >= 15 is 0 Å². The highest BCUT2D eigenvalue weighted by atomic mass is 35.5. The summed E-state index contributed by atoms with van der Waals surface area (Å²) in [6, 6.07) is 21.1. The number of dihydropyridines is 1. The molecule has 6 rings (SSSR count). The van der Waals surface area contributed by atoms with E-state index in [1.807, 2.05) is 30.3 Å². The molecule has 1 heterocycles. The topological polar surface area (TPSA) is 72.5 Å². The lowest BCUT2D eigenvalue weighted by molar-refractivity contribution is -0.118. The molecule has 1 atom stereocenters. The number of ketones is 2. The van der Waals surface area contributed by atoms with E-state index in [2.05, 4.69) is 19.2 Å². The second-order valence-corrected chi connectivity index (χ2v) is 11.0. The van der Waals surface area contributed by atoms with Crippen LogP contribution in [0.1, 0.15) is 64.4 Å². The molecular weight excluding hydrogens is 486 g/mol. The number of halogens is 1. The van der Waals surface area contributed by atoms with E-state index in [4.69, 9.17) is 16.3 Å². The first-order valence-corrected chi connectivity index (χ1v) is 12.6. The SMILES string of the molecule is CC1(C)CC(=O)C2=C(C1)NC1=C(C(=O)c3ccccc31)[C@H]2c1cccc(OC(=O)c2ccc(Cl)cc2)c1. The molecule has 0 bridgehead atoms. The Labute approximate surface area is 219 Å². The van der Waals surface area contributed by atoms with E-state index < -0.39 is 11.9 Å². The van der Waals surface area contributed by atoms with E-state index in [1.165, 1.54) is 0 Å². The van der Waals surface area contributed by atoms with Crippen molar-refractivity contribution in [2.75, 3.05) is 0 Å². The molecule has 184 valence electrons. The third-order valence-electron chi connectivity index (χ3n) is 7.21. The number of hydrogen-bond donors (Lipinski definition) is 1. The standard InChI is InChI=1S/C31H24ClNO4/c1-31(2)15-23-26(24(34)16-31)25(27-28(33-23)21-8-3-4-9-22(21)29(27)35)18-6-5-7-20(14-18)37-30(36)17-10-12-19(32)13-11-17/h3-14,25,33H,15-16H2,1-2H3/t25-/m0/s1. The van der Waals surface area contributed by atoms with Crippen molar-refractivity contribution >= 4 is 34.8 Å². The average molecular weight is 510 g/mol. The van der Waals surface area contributed by atoms with Gasteiger partial charge in [-0.2, -0.15) is 0 Å². The molecule has 0 fully saturated rings. The average Bonchev–Trinajstić information content (AvgIpc) is 3.14. The number of allylic oxidation sites excluding steroid dienone is 3. The van der Waals surface area contributed by atoms with Crippen LogP contribution in [0.2, 0.25) is 5.02 Å². The first-order chi connectivity index (χ1) is 17.7. The predicted octanol–water partition coefficient (Wildman–Crippen LogP) is 6.50. The maximum Gasteiger partial charge on any atom is 0.343 e. The van der Waals surface area contributed by atoms with Gasteiger partial charge in [0.25, 0.3) is 0 Å². The number of carbonyl (C=O) groups excluding carboxylic acids is 3. The van der Waals surface area contributed by atoms with Gasteiger partial charge in [0.05, 0.1) is 11.3 Å². The lowest BCUT2D eigenvalue weighted by Gasteiger charge is -2.39. The van der Waals surface area contributed by atoms with Gasteiger partial charge in [-0.3, -0.25) is 9.59 Å². The summed E-state index contributed by atoms with van der Waals surface area (Å²) >= 11 is 5.94. The second-order valence-electron chi connectivity index (χ2n) is 10.5. The highest BCUT2D eigenvalue weighted by Crippen LogP contribution is 2.51. The molecule has 37 heavy (non-hydrogen) atoms. The molecule has 2 aliphatic carbocycles. The quantitative estimate of drug-likeness (QED) is 0.322. The van der Waals surface area contributed by atoms with Crippen LogP contribution in [-0.4, -0.2) is 17.5 Å². The molecule has 0 saturated heterocycles. The summed E-state index contributed by atoms with van der Waals surface area (Å²) < 4.78 is 5.67. The normalized spacial score (nSPS) is 19.7. The molecule has 1 aliphatic heterocycles. The first kappa shape index (κ1) is 23.4. The minimum absolute atomic E-state index is 0.0302. The van der Waals surface area contributed by atoms with Gasteiger partial charge in [-0.15, -0.1) is 0 Å². The van der Waals surface area contributed by atoms with Gasteiger partial charge >= 0.3 is 5.97 Å². The van der Waals surface area contributed by atoms with Crippen LogP contribution in [0.25, 0.3) is 5.70 Å². The van der Waals surface area contributed by atoms with Crippen LogP contribution in [0.4, 0.5) is 0 Å². The number of rotatable bonds is 3. The molecule has 0 radical (unpaired) electrons. The number of carbonyl (C=O) groups is 3. The van der Waals surface area contributed by atoms with Gasteiger partial charge in [0.15, 0.2) is 11.6 Å². The largest absolute Gasteiger partial charge is 0.423 e. The van der Waals surface area contributed by atoms with Crippen molar-refractivity contribution in [3.63, 3.8) is 0 Å². The van der Waals surface area contributed by atoms with E-state index in [0.29, 0.717) is 45.9 Å². The van der Waals surface area contributed by atoms with Crippen LogP contribution >= 0.6 is 11.6 Å². The van der Waals surface area contributed by atoms with Crippen LogP contribution in [0.5, 0.6) is 5.75 Å². The summed E-state index contributed by atoms with van der Waals surface area (Å²) in [5.74, 6) is -0.784. The van der Waals surface area contributed by atoms with Gasteiger partial charge in [-0.1, -0.05) is 61.8 Å². The molecule has 0 spiro atoms. The van der Waals surface area contributed by atoms with Gasteiger partial charge in [-0.25, -0.2) is 4.79 Å². The zero-order chi connectivity index (χ0) is 25.9. The van der Waals surface area contributed by atoms with Crippen LogP contribution < -0.4 is 10.1 Å². The van der Waals surface area contributed by atoms with Crippen molar-refractivity contribution in [3.05, 3.63) is 117 Å². The Hall–Kier alpha value is -3.96. The number of esters is 1. The summed E-state index contributed by atoms with van der Waals surface area (Å²) in [4.78, 5) is 40.0. The molecule has 0 saturated carbocycles. The molecule has 5 nitrogen and oxygen atoms in total. The molecule has 0 aromatic heterocycles. The molecular formula is C31H24ClNO4. The summed E-state index contributed by atoms with van der Waals surface area (Å²) in [6.45, 7) is 4.17. The molecule has 3 aromatic carbocycles. The van der Waals surface area contributed by atoms with Crippen LogP contribution in [0.3, 0.4) is 0 Å². The van der Waals surface area contributed by atoms with E-state index in [1.54, 1.807) is 42.5 Å². The zero-order valence-corrected chi connectivity index (χ0v) is 21.2. The van der Waals surface area contributed by atoms with Crippen LogP contribution in [0.15, 0.2) is 89.6 Å². The Morgan fingerprint density at radius 3 is 2.41 bits per heavy atom. The monoisotopic (exact) mass is 509 g/mol. The van der Waals surface area contributed by atoms with Crippen LogP contribution in [0, 0.1) is 5.41 Å². The second kappa shape index (κ2) is 8.56. The van der Waals surface area contributed by atoms with Crippen molar-refractivity contribution in [2.45, 2.75) is 32.6 Å². The summed E-state index contributed by atoms with van der Waals surface area (Å²) in [5, 5.41) is 4.01. The molecule has 1 N–H and O–H groups in total. The maximum atomic E-state index is 13.7. The lowest BCUT2D eigenvalue weighted by atomic mass is 9.68. The number of hydrogen-bond acceptors (Lipinski definition) is 5. The molecule has 0 unspecified atom stereocenters. The van der Waals surface area contributed by atoms with Crippen LogP contribution in [-0.2, 0) is 4.79 Å². The molecule has 3 aliphatic rings. The fraction of sp³-hybridized carbons (Fsp3) is 0.194. The Morgan fingerprint density at radius 2 is 1.65 bits per heavy atom. The molecule has 3 aromatic rings. The zero-order valence-electron chi connectivity index (χ0n) is 20.4. The van der Waals surface area contributed by atoms with Gasteiger partial charge in [-0.05, 0) is 53.8 Å². The van der Waals surface area contributed by atoms with Gasteiger partial charge in [0.2, 0.25) is 0 Å². The van der Waals surface area contributed by atoms with Crippen molar-refractivity contribution < 1.29 is 19.1 Å². The Kier molecular flexibility index (Phi) is 5.42. The number of fused-ring (bicyclic) bond motifs is 2. The van der Waals surface area contributed by atoms with E-state index in [9.17, 15) is 14.4 Å².